The number of ether oxygens (including phenoxy) is 2. The SMILES string of the molecule is C=CC(CCCCC)OCCOCC. The molecule has 0 fully saturated rings. The molecule has 0 saturated carbocycles. The lowest BCUT2D eigenvalue weighted by atomic mass is 10.1. The molecule has 14 heavy (non-hydrogen) atoms. The van der Waals surface area contributed by atoms with Crippen LogP contribution in [0.4, 0.5) is 0 Å². The van der Waals surface area contributed by atoms with E-state index in [1.165, 1.54) is 19.3 Å². The second-order valence-electron chi connectivity index (χ2n) is 3.34. The molecule has 84 valence electrons. The maximum Gasteiger partial charge on any atom is 0.0754 e. The van der Waals surface area contributed by atoms with Gasteiger partial charge in [-0.1, -0.05) is 32.3 Å². The summed E-state index contributed by atoms with van der Waals surface area (Å²) in [5.74, 6) is 0. The summed E-state index contributed by atoms with van der Waals surface area (Å²) < 4.78 is 10.8. The highest BCUT2D eigenvalue weighted by molar-refractivity contribution is 4.79. The topological polar surface area (TPSA) is 18.5 Å². The van der Waals surface area contributed by atoms with Crippen LogP contribution >= 0.6 is 0 Å². The van der Waals surface area contributed by atoms with E-state index in [0.29, 0.717) is 13.2 Å². The van der Waals surface area contributed by atoms with Gasteiger partial charge in [0.2, 0.25) is 0 Å². The molecule has 1 unspecified atom stereocenters. The first kappa shape index (κ1) is 13.7. The fraction of sp³-hybridized carbons (Fsp3) is 0.833. The molecule has 0 aromatic heterocycles. The Labute approximate surface area is 88.3 Å². The normalized spacial score (nSPS) is 12.7. The van der Waals surface area contributed by atoms with Crippen molar-refractivity contribution in [2.75, 3.05) is 19.8 Å². The van der Waals surface area contributed by atoms with Crippen molar-refractivity contribution in [1.82, 2.24) is 0 Å². The molecule has 1 atom stereocenters. The highest BCUT2D eigenvalue weighted by Crippen LogP contribution is 2.07. The van der Waals surface area contributed by atoms with E-state index in [2.05, 4.69) is 13.5 Å². The summed E-state index contributed by atoms with van der Waals surface area (Å²) in [6, 6.07) is 0. The van der Waals surface area contributed by atoms with Gasteiger partial charge in [-0.05, 0) is 13.3 Å². The van der Waals surface area contributed by atoms with Crippen molar-refractivity contribution in [1.29, 1.82) is 0 Å². The molecule has 2 nitrogen and oxygen atoms in total. The number of unbranched alkanes of at least 4 members (excludes halogenated alkanes) is 2. The van der Waals surface area contributed by atoms with Crippen molar-refractivity contribution in [3.63, 3.8) is 0 Å². The number of hydrogen-bond acceptors (Lipinski definition) is 2. The lowest BCUT2D eigenvalue weighted by Crippen LogP contribution is -2.13. The number of rotatable bonds is 10. The molecule has 0 rings (SSSR count). The zero-order chi connectivity index (χ0) is 10.6. The minimum Gasteiger partial charge on any atom is -0.379 e. The summed E-state index contributed by atoms with van der Waals surface area (Å²) in [5.41, 5.74) is 0. The van der Waals surface area contributed by atoms with Gasteiger partial charge in [-0.2, -0.15) is 0 Å². The average molecular weight is 200 g/mol. The lowest BCUT2D eigenvalue weighted by Gasteiger charge is -2.13. The van der Waals surface area contributed by atoms with E-state index < -0.39 is 0 Å². The van der Waals surface area contributed by atoms with Crippen molar-refractivity contribution in [2.24, 2.45) is 0 Å². The van der Waals surface area contributed by atoms with Gasteiger partial charge < -0.3 is 9.47 Å². The minimum atomic E-state index is 0.210. The van der Waals surface area contributed by atoms with Crippen LogP contribution in [0, 0.1) is 0 Å². The summed E-state index contributed by atoms with van der Waals surface area (Å²) in [6.45, 7) is 10.1. The fourth-order valence-electron chi connectivity index (χ4n) is 1.27. The van der Waals surface area contributed by atoms with Gasteiger partial charge >= 0.3 is 0 Å². The Bertz CT molecular complexity index is 123. The van der Waals surface area contributed by atoms with E-state index in [1.54, 1.807) is 0 Å². The summed E-state index contributed by atoms with van der Waals surface area (Å²) in [6.07, 6.45) is 6.94. The van der Waals surface area contributed by atoms with Crippen molar-refractivity contribution in [3.8, 4) is 0 Å². The second kappa shape index (κ2) is 10.7. The molecular weight excluding hydrogens is 176 g/mol. The smallest absolute Gasteiger partial charge is 0.0754 e. The predicted octanol–water partition coefficient (Wildman–Crippen LogP) is 3.17. The first-order valence-corrected chi connectivity index (χ1v) is 5.67. The molecule has 0 spiro atoms. The molecule has 0 bridgehead atoms. The van der Waals surface area contributed by atoms with Crippen molar-refractivity contribution in [3.05, 3.63) is 12.7 Å². The van der Waals surface area contributed by atoms with Crippen LogP contribution in [-0.4, -0.2) is 25.9 Å². The summed E-state index contributed by atoms with van der Waals surface area (Å²) in [4.78, 5) is 0. The molecule has 0 radical (unpaired) electrons. The Morgan fingerprint density at radius 3 is 2.57 bits per heavy atom. The van der Waals surface area contributed by atoms with Gasteiger partial charge in [0.05, 0.1) is 19.3 Å². The highest BCUT2D eigenvalue weighted by atomic mass is 16.5. The molecule has 0 heterocycles. The molecule has 0 aromatic carbocycles. The van der Waals surface area contributed by atoms with Crippen LogP contribution < -0.4 is 0 Å². The minimum absolute atomic E-state index is 0.210. The third-order valence-electron chi connectivity index (χ3n) is 2.12. The molecule has 0 aliphatic rings. The van der Waals surface area contributed by atoms with E-state index in [1.807, 2.05) is 13.0 Å². The van der Waals surface area contributed by atoms with Crippen LogP contribution in [0.25, 0.3) is 0 Å². The van der Waals surface area contributed by atoms with Gasteiger partial charge in [0.1, 0.15) is 0 Å². The Hall–Kier alpha value is -0.340. The second-order valence-corrected chi connectivity index (χ2v) is 3.34. The standard InChI is InChI=1S/C12H24O2/c1-4-7-8-9-12(5-2)14-11-10-13-6-3/h5,12H,2,4,6-11H2,1,3H3. The maximum atomic E-state index is 5.60. The first-order valence-electron chi connectivity index (χ1n) is 5.67. The van der Waals surface area contributed by atoms with Crippen LogP contribution in [0.15, 0.2) is 12.7 Å². The van der Waals surface area contributed by atoms with Gasteiger partial charge in [-0.25, -0.2) is 0 Å². The van der Waals surface area contributed by atoms with Crippen molar-refractivity contribution >= 4 is 0 Å². The highest BCUT2D eigenvalue weighted by Gasteiger charge is 2.02. The molecule has 0 aliphatic carbocycles. The van der Waals surface area contributed by atoms with Gasteiger partial charge in [-0.3, -0.25) is 0 Å². The van der Waals surface area contributed by atoms with Crippen LogP contribution in [0.3, 0.4) is 0 Å². The maximum absolute atomic E-state index is 5.60. The van der Waals surface area contributed by atoms with Gasteiger partial charge in [-0.15, -0.1) is 6.58 Å². The van der Waals surface area contributed by atoms with E-state index in [0.717, 1.165) is 13.0 Å². The zero-order valence-electron chi connectivity index (χ0n) is 9.63. The first-order chi connectivity index (χ1) is 6.85. The summed E-state index contributed by atoms with van der Waals surface area (Å²) in [7, 11) is 0. The Kier molecular flexibility index (Phi) is 10.5. The monoisotopic (exact) mass is 200 g/mol. The summed E-state index contributed by atoms with van der Waals surface area (Å²) >= 11 is 0. The molecule has 0 N–H and O–H groups in total. The van der Waals surface area contributed by atoms with E-state index in [9.17, 15) is 0 Å². The predicted molar refractivity (Wildman–Crippen MR) is 60.6 cm³/mol. The zero-order valence-corrected chi connectivity index (χ0v) is 9.63. The average Bonchev–Trinajstić information content (AvgIpc) is 2.22. The summed E-state index contributed by atoms with van der Waals surface area (Å²) in [5, 5.41) is 0. The van der Waals surface area contributed by atoms with E-state index in [-0.39, 0.29) is 6.10 Å². The van der Waals surface area contributed by atoms with Crippen LogP contribution in [0.1, 0.15) is 39.5 Å². The van der Waals surface area contributed by atoms with Gasteiger partial charge in [0.15, 0.2) is 0 Å². The van der Waals surface area contributed by atoms with Crippen LogP contribution in [-0.2, 0) is 9.47 Å². The molecule has 2 heteroatoms. The Morgan fingerprint density at radius 1 is 1.21 bits per heavy atom. The lowest BCUT2D eigenvalue weighted by molar-refractivity contribution is 0.0232. The number of hydrogen-bond donors (Lipinski definition) is 0. The van der Waals surface area contributed by atoms with Crippen molar-refractivity contribution < 1.29 is 9.47 Å². The Balaban J connectivity index is 3.33. The van der Waals surface area contributed by atoms with Crippen LogP contribution in [0.5, 0.6) is 0 Å². The Morgan fingerprint density at radius 2 is 2.00 bits per heavy atom. The van der Waals surface area contributed by atoms with Gasteiger partial charge in [0, 0.05) is 6.61 Å². The molecule has 0 saturated heterocycles. The van der Waals surface area contributed by atoms with Crippen molar-refractivity contribution in [2.45, 2.75) is 45.6 Å². The molecular formula is C12H24O2. The molecule has 0 aromatic rings. The van der Waals surface area contributed by atoms with E-state index in [4.69, 9.17) is 9.47 Å². The van der Waals surface area contributed by atoms with Crippen LogP contribution in [0.2, 0.25) is 0 Å². The van der Waals surface area contributed by atoms with Gasteiger partial charge in [0.25, 0.3) is 0 Å². The quantitative estimate of drug-likeness (QED) is 0.398. The third kappa shape index (κ3) is 8.27. The van der Waals surface area contributed by atoms with E-state index >= 15 is 0 Å². The molecule has 0 aliphatic heterocycles. The molecule has 0 amide bonds. The largest absolute Gasteiger partial charge is 0.379 e. The fourth-order valence-corrected chi connectivity index (χ4v) is 1.27. The third-order valence-corrected chi connectivity index (χ3v) is 2.12.